The molecule has 1 aliphatic rings. The lowest BCUT2D eigenvalue weighted by molar-refractivity contribution is 0.102. The van der Waals surface area contributed by atoms with Gasteiger partial charge in [-0.25, -0.2) is 0 Å². The number of carbonyl (C=O) groups is 1. The quantitative estimate of drug-likeness (QED) is 0.941. The second kappa shape index (κ2) is 6.84. The molecule has 0 bridgehead atoms. The zero-order chi connectivity index (χ0) is 16.2. The highest BCUT2D eigenvalue weighted by Gasteiger charge is 2.24. The van der Waals surface area contributed by atoms with Gasteiger partial charge in [0.05, 0.1) is 7.11 Å². The van der Waals surface area contributed by atoms with Crippen molar-refractivity contribution < 1.29 is 9.53 Å². The molecule has 1 aliphatic heterocycles. The van der Waals surface area contributed by atoms with Gasteiger partial charge in [-0.1, -0.05) is 18.2 Å². The number of likely N-dealkylation sites (N-methyl/N-ethyl adjacent to an activating group) is 1. The molecule has 0 aliphatic carbocycles. The van der Waals surface area contributed by atoms with E-state index in [1.54, 1.807) is 7.11 Å². The normalized spacial score (nSPS) is 17.9. The summed E-state index contributed by atoms with van der Waals surface area (Å²) < 4.78 is 5.51. The number of hydrogen-bond donors (Lipinski definition) is 1. The number of nitrogens with zero attached hydrogens (tertiary/aromatic N) is 1. The van der Waals surface area contributed by atoms with Crippen LogP contribution in [-0.4, -0.2) is 38.1 Å². The van der Waals surface area contributed by atoms with Crippen molar-refractivity contribution in [3.05, 3.63) is 59.7 Å². The third kappa shape index (κ3) is 3.54. The number of ether oxygens (including phenoxy) is 1. The van der Waals surface area contributed by atoms with Crippen molar-refractivity contribution in [1.29, 1.82) is 0 Å². The molecule has 23 heavy (non-hydrogen) atoms. The van der Waals surface area contributed by atoms with Gasteiger partial charge in [-0.05, 0) is 50.3 Å². The second-order valence-corrected chi connectivity index (χ2v) is 6.02. The average molecular weight is 310 g/mol. The molecular formula is C19H22N2O2. The molecule has 0 saturated carbocycles. The van der Waals surface area contributed by atoms with Crippen molar-refractivity contribution in [2.45, 2.75) is 12.3 Å². The number of methoxy groups -OCH3 is 1. The highest BCUT2D eigenvalue weighted by Crippen LogP contribution is 2.35. The van der Waals surface area contributed by atoms with Crippen LogP contribution in [-0.2, 0) is 0 Å². The second-order valence-electron chi connectivity index (χ2n) is 6.02. The Morgan fingerprint density at radius 1 is 1.22 bits per heavy atom. The van der Waals surface area contributed by atoms with E-state index >= 15 is 0 Å². The number of likely N-dealkylation sites (tertiary alicyclic amines) is 1. The fourth-order valence-electron chi connectivity index (χ4n) is 3.11. The highest BCUT2D eigenvalue weighted by atomic mass is 16.5. The van der Waals surface area contributed by atoms with Gasteiger partial charge in [0, 0.05) is 29.3 Å². The number of anilines is 1. The molecule has 0 radical (unpaired) electrons. The first-order chi connectivity index (χ1) is 11.2. The maximum absolute atomic E-state index is 12.3. The summed E-state index contributed by atoms with van der Waals surface area (Å²) in [4.78, 5) is 14.6. The smallest absolute Gasteiger partial charge is 0.255 e. The number of nitrogens with one attached hydrogen (secondary N) is 1. The largest absolute Gasteiger partial charge is 0.496 e. The van der Waals surface area contributed by atoms with Crippen LogP contribution in [0.25, 0.3) is 0 Å². The first-order valence-corrected chi connectivity index (χ1v) is 7.90. The van der Waals surface area contributed by atoms with Gasteiger partial charge >= 0.3 is 0 Å². The van der Waals surface area contributed by atoms with Crippen molar-refractivity contribution in [2.75, 3.05) is 32.6 Å². The Balaban J connectivity index is 1.82. The van der Waals surface area contributed by atoms with Crippen LogP contribution in [0, 0.1) is 0 Å². The zero-order valence-corrected chi connectivity index (χ0v) is 13.6. The van der Waals surface area contributed by atoms with Gasteiger partial charge in [-0.15, -0.1) is 0 Å². The van der Waals surface area contributed by atoms with E-state index in [2.05, 4.69) is 17.3 Å². The van der Waals surface area contributed by atoms with E-state index in [1.165, 1.54) is 5.56 Å². The minimum Gasteiger partial charge on any atom is -0.496 e. The molecule has 1 unspecified atom stereocenters. The molecule has 4 nitrogen and oxygen atoms in total. The Labute approximate surface area is 137 Å². The van der Waals surface area contributed by atoms with Crippen molar-refractivity contribution >= 4 is 11.6 Å². The van der Waals surface area contributed by atoms with Crippen LogP contribution in [0.4, 0.5) is 5.69 Å². The van der Waals surface area contributed by atoms with Crippen molar-refractivity contribution in [1.82, 2.24) is 4.90 Å². The molecule has 1 fully saturated rings. The molecule has 0 aromatic heterocycles. The minimum absolute atomic E-state index is 0.0924. The molecule has 1 atom stereocenters. The van der Waals surface area contributed by atoms with Crippen molar-refractivity contribution in [2.24, 2.45) is 0 Å². The van der Waals surface area contributed by atoms with Crippen LogP contribution >= 0.6 is 0 Å². The summed E-state index contributed by atoms with van der Waals surface area (Å²) >= 11 is 0. The maximum Gasteiger partial charge on any atom is 0.255 e. The predicted octanol–water partition coefficient (Wildman–Crippen LogP) is 3.37. The summed E-state index contributed by atoms with van der Waals surface area (Å²) in [6, 6.07) is 15.1. The molecular weight excluding hydrogens is 288 g/mol. The molecule has 1 amide bonds. The van der Waals surface area contributed by atoms with E-state index in [4.69, 9.17) is 4.74 Å². The molecule has 2 aromatic rings. The monoisotopic (exact) mass is 310 g/mol. The van der Waals surface area contributed by atoms with E-state index in [1.807, 2.05) is 48.5 Å². The van der Waals surface area contributed by atoms with Crippen LogP contribution in [0.5, 0.6) is 5.75 Å². The molecule has 1 saturated heterocycles. The number of amides is 1. The van der Waals surface area contributed by atoms with E-state index in [-0.39, 0.29) is 5.91 Å². The number of rotatable bonds is 4. The molecule has 120 valence electrons. The maximum atomic E-state index is 12.3. The molecule has 1 N–H and O–H groups in total. The van der Waals surface area contributed by atoms with Gasteiger partial charge in [-0.3, -0.25) is 4.79 Å². The Hall–Kier alpha value is -2.33. The van der Waals surface area contributed by atoms with Crippen LogP contribution in [0.1, 0.15) is 28.3 Å². The summed E-state index contributed by atoms with van der Waals surface area (Å²) in [5.74, 6) is 1.25. The van der Waals surface area contributed by atoms with Crippen LogP contribution < -0.4 is 10.1 Å². The Bertz CT molecular complexity index is 685. The molecule has 3 rings (SSSR count). The average Bonchev–Trinajstić information content (AvgIpc) is 3.02. The lowest BCUT2D eigenvalue weighted by atomic mass is 9.96. The lowest BCUT2D eigenvalue weighted by Crippen LogP contribution is -2.14. The number of benzene rings is 2. The summed E-state index contributed by atoms with van der Waals surface area (Å²) in [7, 11) is 3.83. The van der Waals surface area contributed by atoms with Crippen LogP contribution in [0.2, 0.25) is 0 Å². The van der Waals surface area contributed by atoms with Gasteiger partial charge in [0.1, 0.15) is 5.75 Å². The first-order valence-electron chi connectivity index (χ1n) is 7.90. The molecule has 0 spiro atoms. The topological polar surface area (TPSA) is 41.6 Å². The highest BCUT2D eigenvalue weighted by molar-refractivity contribution is 6.04. The summed E-state index contributed by atoms with van der Waals surface area (Å²) in [5, 5.41) is 2.98. The van der Waals surface area contributed by atoms with Gasteiger partial charge in [0.15, 0.2) is 0 Å². The number of carbonyl (C=O) groups excluding carboxylic acids is 1. The summed E-state index contributed by atoms with van der Waals surface area (Å²) in [6.07, 6.45) is 1.11. The van der Waals surface area contributed by atoms with Gasteiger partial charge in [-0.2, -0.15) is 0 Å². The van der Waals surface area contributed by atoms with E-state index in [0.29, 0.717) is 11.5 Å². The van der Waals surface area contributed by atoms with E-state index in [9.17, 15) is 4.79 Å². The van der Waals surface area contributed by atoms with E-state index in [0.717, 1.165) is 30.9 Å². The number of hydrogen-bond acceptors (Lipinski definition) is 3. The Morgan fingerprint density at radius 3 is 2.65 bits per heavy atom. The first kappa shape index (κ1) is 15.6. The predicted molar refractivity (Wildman–Crippen MR) is 92.2 cm³/mol. The fraction of sp³-hybridized carbons (Fsp3) is 0.316. The van der Waals surface area contributed by atoms with Crippen LogP contribution in [0.3, 0.4) is 0 Å². The van der Waals surface area contributed by atoms with E-state index < -0.39 is 0 Å². The fourth-order valence-corrected chi connectivity index (χ4v) is 3.11. The van der Waals surface area contributed by atoms with Gasteiger partial charge in [0.25, 0.3) is 5.91 Å². The third-order valence-corrected chi connectivity index (χ3v) is 4.35. The lowest BCUT2D eigenvalue weighted by Gasteiger charge is -2.17. The van der Waals surface area contributed by atoms with Gasteiger partial charge < -0.3 is 15.0 Å². The third-order valence-electron chi connectivity index (χ3n) is 4.35. The summed E-state index contributed by atoms with van der Waals surface area (Å²) in [5.41, 5.74) is 2.64. The molecule has 4 heteroatoms. The summed E-state index contributed by atoms with van der Waals surface area (Å²) in [6.45, 7) is 2.11. The standard InChI is InChI=1S/C19H22N2O2/c1-21-11-10-15(13-21)17-12-16(8-9-18(17)23-2)20-19(22)14-6-4-3-5-7-14/h3-9,12,15H,10-11,13H2,1-2H3,(H,20,22). The zero-order valence-electron chi connectivity index (χ0n) is 13.6. The molecule has 1 heterocycles. The van der Waals surface area contributed by atoms with Crippen molar-refractivity contribution in [3.8, 4) is 5.75 Å². The minimum atomic E-state index is -0.0924. The van der Waals surface area contributed by atoms with Gasteiger partial charge in [0.2, 0.25) is 0 Å². The SMILES string of the molecule is COc1ccc(NC(=O)c2ccccc2)cc1C1CCN(C)C1. The molecule has 2 aromatic carbocycles. The van der Waals surface area contributed by atoms with Crippen molar-refractivity contribution in [3.63, 3.8) is 0 Å². The van der Waals surface area contributed by atoms with Crippen LogP contribution in [0.15, 0.2) is 48.5 Å². The Morgan fingerprint density at radius 2 is 2.00 bits per heavy atom. The Kier molecular flexibility index (Phi) is 4.63.